The molecule has 1 N–H and O–H groups in total. The number of carbonyl (C=O) groups excluding carboxylic acids is 2. The minimum atomic E-state index is -1.35. The molecule has 0 bridgehead atoms. The second kappa shape index (κ2) is 6.40. The molecule has 1 aromatic carbocycles. The number of hydrogen-bond acceptors (Lipinski definition) is 4. The number of nitrogens with zero attached hydrogens (tertiary/aromatic N) is 2. The van der Waals surface area contributed by atoms with E-state index in [9.17, 15) is 9.59 Å². The summed E-state index contributed by atoms with van der Waals surface area (Å²) in [6.07, 6.45) is 0. The normalized spacial score (nSPS) is 11.1. The van der Waals surface area contributed by atoms with Crippen molar-refractivity contribution in [2.45, 2.75) is 0 Å². The fourth-order valence-electron chi connectivity index (χ4n) is 1.37. The molecule has 0 aromatic heterocycles. The number of benzene rings is 1. The van der Waals surface area contributed by atoms with Crippen LogP contribution in [0, 0.1) is 17.2 Å². The molecule has 0 saturated carbocycles. The van der Waals surface area contributed by atoms with Gasteiger partial charge in [0.05, 0.1) is 13.2 Å². The van der Waals surface area contributed by atoms with Crippen molar-refractivity contribution in [1.82, 2.24) is 4.90 Å². The van der Waals surface area contributed by atoms with Gasteiger partial charge in [-0.25, -0.2) is 0 Å². The van der Waals surface area contributed by atoms with Gasteiger partial charge in [0.2, 0.25) is 11.8 Å². The number of ether oxygens (including phenoxy) is 1. The molecule has 1 aromatic rings. The van der Waals surface area contributed by atoms with Crippen molar-refractivity contribution < 1.29 is 14.3 Å². The van der Waals surface area contributed by atoms with Crippen LogP contribution in [-0.2, 0) is 9.59 Å². The van der Waals surface area contributed by atoms with Gasteiger partial charge in [-0.05, 0) is 24.3 Å². The van der Waals surface area contributed by atoms with Crippen molar-refractivity contribution in [2.75, 3.05) is 26.5 Å². The van der Waals surface area contributed by atoms with E-state index in [0.29, 0.717) is 11.4 Å². The monoisotopic (exact) mass is 261 g/mol. The molecule has 1 unspecified atom stereocenters. The van der Waals surface area contributed by atoms with Gasteiger partial charge in [-0.15, -0.1) is 0 Å². The maximum absolute atomic E-state index is 11.8. The van der Waals surface area contributed by atoms with E-state index >= 15 is 0 Å². The Morgan fingerprint density at radius 3 is 2.32 bits per heavy atom. The first-order chi connectivity index (χ1) is 8.99. The van der Waals surface area contributed by atoms with Gasteiger partial charge < -0.3 is 15.0 Å². The van der Waals surface area contributed by atoms with E-state index in [4.69, 9.17) is 10.00 Å². The van der Waals surface area contributed by atoms with Gasteiger partial charge in [0.1, 0.15) is 5.75 Å². The van der Waals surface area contributed by atoms with Crippen LogP contribution in [0.4, 0.5) is 5.69 Å². The Balaban J connectivity index is 2.77. The van der Waals surface area contributed by atoms with Crippen LogP contribution in [0.3, 0.4) is 0 Å². The summed E-state index contributed by atoms with van der Waals surface area (Å²) >= 11 is 0. The van der Waals surface area contributed by atoms with Crippen LogP contribution in [0.5, 0.6) is 5.75 Å². The fourth-order valence-corrected chi connectivity index (χ4v) is 1.37. The first kappa shape index (κ1) is 14.5. The lowest BCUT2D eigenvalue weighted by atomic mass is 10.1. The smallest absolute Gasteiger partial charge is 0.251 e. The van der Waals surface area contributed by atoms with Gasteiger partial charge in [-0.1, -0.05) is 0 Å². The van der Waals surface area contributed by atoms with Crippen LogP contribution in [0.25, 0.3) is 0 Å². The first-order valence-electron chi connectivity index (χ1n) is 5.55. The Hall–Kier alpha value is -2.55. The highest BCUT2D eigenvalue weighted by Gasteiger charge is 2.27. The number of amides is 2. The standard InChI is InChI=1S/C13H15N3O3/c1-16(2)13(18)11(8-14)12(17)15-9-4-6-10(19-3)7-5-9/h4-7,11H,1-3H3,(H,15,17). The van der Waals surface area contributed by atoms with E-state index < -0.39 is 17.7 Å². The Morgan fingerprint density at radius 2 is 1.89 bits per heavy atom. The maximum atomic E-state index is 11.8. The van der Waals surface area contributed by atoms with Gasteiger partial charge in [-0.2, -0.15) is 5.26 Å². The molecule has 6 heteroatoms. The molecular weight excluding hydrogens is 246 g/mol. The number of hydrogen-bond donors (Lipinski definition) is 1. The summed E-state index contributed by atoms with van der Waals surface area (Å²) in [7, 11) is 4.52. The number of nitriles is 1. The number of carbonyl (C=O) groups is 2. The zero-order valence-electron chi connectivity index (χ0n) is 11.0. The highest BCUT2D eigenvalue weighted by Crippen LogP contribution is 2.16. The van der Waals surface area contributed by atoms with Gasteiger partial charge in [-0.3, -0.25) is 9.59 Å². The van der Waals surface area contributed by atoms with Crippen LogP contribution in [-0.4, -0.2) is 37.9 Å². The van der Waals surface area contributed by atoms with Crippen LogP contribution in [0.1, 0.15) is 0 Å². The minimum Gasteiger partial charge on any atom is -0.497 e. The molecule has 0 aliphatic carbocycles. The third-order valence-electron chi connectivity index (χ3n) is 2.44. The van der Waals surface area contributed by atoms with Crippen LogP contribution >= 0.6 is 0 Å². The zero-order chi connectivity index (χ0) is 14.4. The molecule has 1 atom stereocenters. The van der Waals surface area contributed by atoms with Gasteiger partial charge in [0.15, 0.2) is 0 Å². The molecule has 6 nitrogen and oxygen atoms in total. The predicted octanol–water partition coefficient (Wildman–Crippen LogP) is 0.862. The molecule has 1 rings (SSSR count). The van der Waals surface area contributed by atoms with Crippen molar-refractivity contribution >= 4 is 17.5 Å². The Labute approximate surface area is 111 Å². The summed E-state index contributed by atoms with van der Waals surface area (Å²) in [4.78, 5) is 24.7. The largest absolute Gasteiger partial charge is 0.497 e. The molecule has 100 valence electrons. The van der Waals surface area contributed by atoms with E-state index in [1.165, 1.54) is 26.1 Å². The minimum absolute atomic E-state index is 0.498. The summed E-state index contributed by atoms with van der Waals surface area (Å²) in [6, 6.07) is 8.30. The highest BCUT2D eigenvalue weighted by molar-refractivity contribution is 6.08. The van der Waals surface area contributed by atoms with Crippen molar-refractivity contribution in [2.24, 2.45) is 5.92 Å². The third kappa shape index (κ3) is 3.71. The Bertz CT molecular complexity index is 503. The summed E-state index contributed by atoms with van der Waals surface area (Å²) in [5, 5.41) is 11.4. The molecular formula is C13H15N3O3. The zero-order valence-corrected chi connectivity index (χ0v) is 11.0. The molecule has 0 radical (unpaired) electrons. The van der Waals surface area contributed by atoms with Crippen LogP contribution in [0.2, 0.25) is 0 Å². The number of nitrogens with one attached hydrogen (secondary N) is 1. The molecule has 0 aliphatic rings. The summed E-state index contributed by atoms with van der Waals surface area (Å²) < 4.78 is 4.99. The summed E-state index contributed by atoms with van der Waals surface area (Å²) in [5.74, 6) is -1.89. The number of methoxy groups -OCH3 is 1. The van der Waals surface area contributed by atoms with E-state index in [1.807, 2.05) is 0 Å². The topological polar surface area (TPSA) is 82.4 Å². The average molecular weight is 261 g/mol. The maximum Gasteiger partial charge on any atom is 0.251 e. The quantitative estimate of drug-likeness (QED) is 0.815. The van der Waals surface area contributed by atoms with Crippen molar-refractivity contribution in [3.05, 3.63) is 24.3 Å². The fraction of sp³-hybridized carbons (Fsp3) is 0.308. The van der Waals surface area contributed by atoms with Gasteiger partial charge in [0.25, 0.3) is 5.91 Å². The lowest BCUT2D eigenvalue weighted by Gasteiger charge is -2.14. The molecule has 0 saturated heterocycles. The predicted molar refractivity (Wildman–Crippen MR) is 69.4 cm³/mol. The lowest BCUT2D eigenvalue weighted by molar-refractivity contribution is -0.136. The van der Waals surface area contributed by atoms with E-state index in [1.54, 1.807) is 30.3 Å². The van der Waals surface area contributed by atoms with Crippen LogP contribution in [0.15, 0.2) is 24.3 Å². The summed E-state index contributed by atoms with van der Waals surface area (Å²) in [6.45, 7) is 0. The van der Waals surface area contributed by atoms with Crippen molar-refractivity contribution in [1.29, 1.82) is 5.26 Å². The summed E-state index contributed by atoms with van der Waals surface area (Å²) in [5.41, 5.74) is 0.498. The third-order valence-corrected chi connectivity index (χ3v) is 2.44. The Kier molecular flexibility index (Phi) is 4.89. The van der Waals surface area contributed by atoms with Gasteiger partial charge in [0, 0.05) is 19.8 Å². The second-order valence-electron chi connectivity index (χ2n) is 4.01. The van der Waals surface area contributed by atoms with E-state index in [-0.39, 0.29) is 0 Å². The molecule has 0 aliphatic heterocycles. The van der Waals surface area contributed by atoms with Crippen LogP contribution < -0.4 is 10.1 Å². The molecule has 0 heterocycles. The number of rotatable bonds is 4. The van der Waals surface area contributed by atoms with E-state index in [0.717, 1.165) is 0 Å². The Morgan fingerprint density at radius 1 is 1.32 bits per heavy atom. The molecule has 0 spiro atoms. The van der Waals surface area contributed by atoms with Crippen molar-refractivity contribution in [3.63, 3.8) is 0 Å². The number of anilines is 1. The lowest BCUT2D eigenvalue weighted by Crippen LogP contribution is -2.36. The van der Waals surface area contributed by atoms with E-state index in [2.05, 4.69) is 5.32 Å². The molecule has 19 heavy (non-hydrogen) atoms. The highest BCUT2D eigenvalue weighted by atomic mass is 16.5. The second-order valence-corrected chi connectivity index (χ2v) is 4.01. The SMILES string of the molecule is COc1ccc(NC(=O)C(C#N)C(=O)N(C)C)cc1. The average Bonchev–Trinajstić information content (AvgIpc) is 2.40. The van der Waals surface area contributed by atoms with Crippen molar-refractivity contribution in [3.8, 4) is 11.8 Å². The molecule has 0 fully saturated rings. The molecule has 2 amide bonds. The first-order valence-corrected chi connectivity index (χ1v) is 5.55. The van der Waals surface area contributed by atoms with Gasteiger partial charge >= 0.3 is 0 Å².